The number of aromatic nitrogens is 4. The van der Waals surface area contributed by atoms with Crippen LogP contribution in [-0.4, -0.2) is 25.3 Å². The summed E-state index contributed by atoms with van der Waals surface area (Å²) in [5.41, 5.74) is 1.69. The number of halogens is 1. The third-order valence-electron chi connectivity index (χ3n) is 3.19. The number of rotatable bonds is 5. The van der Waals surface area contributed by atoms with Gasteiger partial charge in [-0.25, -0.2) is 9.07 Å². The van der Waals surface area contributed by atoms with Crippen LogP contribution in [0, 0.1) is 11.2 Å². The lowest BCUT2D eigenvalue weighted by Gasteiger charge is -2.09. The quantitative estimate of drug-likeness (QED) is 0.411. The Morgan fingerprint density at radius 2 is 2.21 bits per heavy atom. The molecule has 0 amide bonds. The first-order chi connectivity index (χ1) is 11.6. The number of hydrogen-bond acceptors (Lipinski definition) is 7. The SMILES string of the molecule is C=CNc1scc(-c2ccccc2F)c1C(=N)Sc1nnnn1C. The van der Waals surface area contributed by atoms with E-state index >= 15 is 0 Å². The molecule has 0 bridgehead atoms. The average Bonchev–Trinajstić information content (AvgIpc) is 3.15. The summed E-state index contributed by atoms with van der Waals surface area (Å²) < 4.78 is 15.7. The number of thioether (sulfide) groups is 1. The number of thiophene rings is 1. The Morgan fingerprint density at radius 1 is 1.42 bits per heavy atom. The molecular formula is C15H13FN6S2. The molecule has 0 atom stereocenters. The molecule has 0 saturated carbocycles. The minimum Gasteiger partial charge on any atom is -0.354 e. The second kappa shape index (κ2) is 6.93. The summed E-state index contributed by atoms with van der Waals surface area (Å²) in [5, 5.41) is 25.9. The van der Waals surface area contributed by atoms with Crippen molar-refractivity contribution >= 4 is 33.1 Å². The van der Waals surface area contributed by atoms with Crippen molar-refractivity contribution in [3.05, 3.63) is 53.8 Å². The standard InChI is InChI=1S/C15H13FN6S2/c1-3-18-14-12(13(17)24-15-19-20-21-22(15)2)10(8-23-14)9-6-4-5-7-11(9)16/h3-8,17-18H,1H2,2H3. The largest absolute Gasteiger partial charge is 0.354 e. The highest BCUT2D eigenvalue weighted by Gasteiger charge is 2.21. The van der Waals surface area contributed by atoms with Crippen molar-refractivity contribution in [3.8, 4) is 11.1 Å². The van der Waals surface area contributed by atoms with Crippen molar-refractivity contribution in [3.63, 3.8) is 0 Å². The van der Waals surface area contributed by atoms with Crippen LogP contribution in [-0.2, 0) is 7.05 Å². The van der Waals surface area contributed by atoms with E-state index in [1.165, 1.54) is 28.3 Å². The topological polar surface area (TPSA) is 79.5 Å². The fourth-order valence-electron chi connectivity index (χ4n) is 2.11. The fourth-order valence-corrected chi connectivity index (χ4v) is 3.88. The number of anilines is 1. The van der Waals surface area contributed by atoms with Crippen LogP contribution in [0.1, 0.15) is 5.56 Å². The molecule has 0 fully saturated rings. The van der Waals surface area contributed by atoms with Gasteiger partial charge in [-0.05, 0) is 34.5 Å². The molecule has 3 aromatic rings. The predicted octanol–water partition coefficient (Wildman–Crippen LogP) is 3.75. The highest BCUT2D eigenvalue weighted by molar-refractivity contribution is 8.14. The van der Waals surface area contributed by atoms with Gasteiger partial charge in [0.05, 0.1) is 0 Å². The lowest BCUT2D eigenvalue weighted by atomic mass is 10.0. The molecule has 3 rings (SSSR count). The number of benzene rings is 1. The molecule has 0 radical (unpaired) electrons. The zero-order valence-electron chi connectivity index (χ0n) is 12.7. The Bertz CT molecular complexity index is 901. The maximum atomic E-state index is 14.2. The first kappa shape index (κ1) is 16.3. The molecule has 0 aliphatic heterocycles. The Kier molecular flexibility index (Phi) is 4.72. The van der Waals surface area contributed by atoms with E-state index in [1.807, 2.05) is 5.38 Å². The summed E-state index contributed by atoms with van der Waals surface area (Å²) >= 11 is 2.50. The van der Waals surface area contributed by atoms with Gasteiger partial charge in [-0.2, -0.15) is 0 Å². The third-order valence-corrected chi connectivity index (χ3v) is 5.04. The van der Waals surface area contributed by atoms with E-state index in [4.69, 9.17) is 5.41 Å². The predicted molar refractivity (Wildman–Crippen MR) is 95.0 cm³/mol. The van der Waals surface area contributed by atoms with Crippen LogP contribution in [0.2, 0.25) is 0 Å². The molecule has 0 aliphatic rings. The van der Waals surface area contributed by atoms with Gasteiger partial charge in [0, 0.05) is 29.1 Å². The molecule has 2 N–H and O–H groups in total. The first-order valence-electron chi connectivity index (χ1n) is 6.84. The zero-order chi connectivity index (χ0) is 17.1. The lowest BCUT2D eigenvalue weighted by Crippen LogP contribution is -2.02. The molecule has 2 aromatic heterocycles. The molecule has 0 aliphatic carbocycles. The van der Waals surface area contributed by atoms with E-state index in [9.17, 15) is 4.39 Å². The minimum atomic E-state index is -0.333. The summed E-state index contributed by atoms with van der Waals surface area (Å²) in [5.74, 6) is -0.333. The van der Waals surface area contributed by atoms with Crippen molar-refractivity contribution in [2.75, 3.05) is 5.32 Å². The van der Waals surface area contributed by atoms with Gasteiger partial charge >= 0.3 is 0 Å². The number of nitrogens with zero attached hydrogens (tertiary/aromatic N) is 4. The minimum absolute atomic E-state index is 0.219. The van der Waals surface area contributed by atoms with Crippen LogP contribution in [0.25, 0.3) is 11.1 Å². The number of aryl methyl sites for hydroxylation is 1. The van der Waals surface area contributed by atoms with Gasteiger partial charge in [0.2, 0.25) is 5.16 Å². The molecule has 6 nitrogen and oxygen atoms in total. The van der Waals surface area contributed by atoms with Crippen LogP contribution in [0.4, 0.5) is 9.39 Å². The van der Waals surface area contributed by atoms with Crippen LogP contribution in [0.15, 0.2) is 47.6 Å². The Hall–Kier alpha value is -2.52. The van der Waals surface area contributed by atoms with Crippen molar-refractivity contribution in [1.82, 2.24) is 20.2 Å². The van der Waals surface area contributed by atoms with Crippen molar-refractivity contribution in [2.45, 2.75) is 5.16 Å². The van der Waals surface area contributed by atoms with Crippen LogP contribution < -0.4 is 5.32 Å². The summed E-state index contributed by atoms with van der Waals surface area (Å²) in [6, 6.07) is 6.50. The molecule has 0 unspecified atom stereocenters. The van der Waals surface area contributed by atoms with Gasteiger partial charge in [0.1, 0.15) is 15.9 Å². The van der Waals surface area contributed by atoms with Crippen LogP contribution >= 0.6 is 23.1 Å². The van der Waals surface area contributed by atoms with E-state index in [2.05, 4.69) is 27.4 Å². The third kappa shape index (κ3) is 3.08. The van der Waals surface area contributed by atoms with Crippen molar-refractivity contribution < 1.29 is 4.39 Å². The summed E-state index contributed by atoms with van der Waals surface area (Å²) in [4.78, 5) is 0. The monoisotopic (exact) mass is 360 g/mol. The summed E-state index contributed by atoms with van der Waals surface area (Å²) in [7, 11) is 1.70. The molecule has 9 heteroatoms. The van der Waals surface area contributed by atoms with Crippen molar-refractivity contribution in [1.29, 1.82) is 5.41 Å². The van der Waals surface area contributed by atoms with E-state index in [-0.39, 0.29) is 10.9 Å². The maximum absolute atomic E-state index is 14.2. The van der Waals surface area contributed by atoms with Gasteiger partial charge in [0.15, 0.2) is 0 Å². The molecule has 122 valence electrons. The van der Waals surface area contributed by atoms with Gasteiger partial charge in [-0.1, -0.05) is 24.8 Å². The summed E-state index contributed by atoms with van der Waals surface area (Å²) in [6.07, 6.45) is 1.53. The van der Waals surface area contributed by atoms with E-state index in [0.717, 1.165) is 16.8 Å². The molecular weight excluding hydrogens is 347 g/mol. The van der Waals surface area contributed by atoms with Gasteiger partial charge in [-0.3, -0.25) is 5.41 Å². The highest BCUT2D eigenvalue weighted by Crippen LogP contribution is 2.39. The normalized spacial score (nSPS) is 10.6. The molecule has 2 heterocycles. The number of nitrogens with one attached hydrogen (secondary N) is 2. The Balaban J connectivity index is 2.06. The fraction of sp³-hybridized carbons (Fsp3) is 0.0667. The maximum Gasteiger partial charge on any atom is 0.215 e. The Labute approximate surface area is 145 Å². The highest BCUT2D eigenvalue weighted by atomic mass is 32.2. The molecule has 1 aromatic carbocycles. The smallest absolute Gasteiger partial charge is 0.215 e. The molecule has 0 saturated heterocycles. The second-order valence-corrected chi connectivity index (χ2v) is 6.56. The lowest BCUT2D eigenvalue weighted by molar-refractivity contribution is 0.631. The van der Waals surface area contributed by atoms with Crippen LogP contribution in [0.3, 0.4) is 0 Å². The van der Waals surface area contributed by atoms with E-state index < -0.39 is 0 Å². The molecule has 0 spiro atoms. The van der Waals surface area contributed by atoms with Crippen molar-refractivity contribution in [2.24, 2.45) is 7.05 Å². The van der Waals surface area contributed by atoms with Gasteiger partial charge < -0.3 is 5.32 Å². The number of hydrogen-bond donors (Lipinski definition) is 2. The van der Waals surface area contributed by atoms with Crippen LogP contribution in [0.5, 0.6) is 0 Å². The number of tetrazole rings is 1. The summed E-state index contributed by atoms with van der Waals surface area (Å²) in [6.45, 7) is 3.65. The van der Waals surface area contributed by atoms with Gasteiger partial charge in [0.25, 0.3) is 0 Å². The molecule has 24 heavy (non-hydrogen) atoms. The first-order valence-corrected chi connectivity index (χ1v) is 8.54. The van der Waals surface area contributed by atoms with E-state index in [1.54, 1.807) is 25.2 Å². The van der Waals surface area contributed by atoms with Gasteiger partial charge in [-0.15, -0.1) is 16.4 Å². The Morgan fingerprint density at radius 3 is 2.88 bits per heavy atom. The average molecular weight is 360 g/mol. The zero-order valence-corrected chi connectivity index (χ0v) is 14.3. The van der Waals surface area contributed by atoms with E-state index in [0.29, 0.717) is 21.8 Å². The second-order valence-electron chi connectivity index (χ2n) is 4.70.